The molecule has 0 heterocycles. The third-order valence-electron chi connectivity index (χ3n) is 8.96. The largest absolute Gasteiger partial charge is 0.460 e. The molecule has 0 rings (SSSR count). The number of rotatable bonds is 27. The molecule has 0 aliphatic rings. The Morgan fingerprint density at radius 2 is 0.593 bits per heavy atom. The van der Waals surface area contributed by atoms with Crippen LogP contribution in [0.2, 0.25) is 0 Å². The molecule has 0 aromatic rings. The van der Waals surface area contributed by atoms with E-state index >= 15 is 0 Å². The van der Waals surface area contributed by atoms with E-state index < -0.39 is 57.1 Å². The number of alkyl halides is 17. The van der Waals surface area contributed by atoms with Gasteiger partial charge >= 0.3 is 57.1 Å². The van der Waals surface area contributed by atoms with Gasteiger partial charge in [0.2, 0.25) is 0 Å². The van der Waals surface area contributed by atoms with Crippen molar-refractivity contribution in [3.8, 4) is 0 Å². The fraction of sp³-hybridized carbons (Fsp3) is 1.00. The minimum absolute atomic E-state index is 1.36. The van der Waals surface area contributed by atoms with Gasteiger partial charge in [0.25, 0.3) is 0 Å². The molecule has 0 radical (unpaired) electrons. The molecule has 328 valence electrons. The van der Waals surface area contributed by atoms with Crippen molar-refractivity contribution >= 4 is 10.1 Å². The number of quaternary nitrogens is 1. The van der Waals surface area contributed by atoms with Crippen molar-refractivity contribution in [2.45, 2.75) is 177 Å². The molecule has 0 spiro atoms. The summed E-state index contributed by atoms with van der Waals surface area (Å²) in [6, 6.07) is 0. The first-order valence-electron chi connectivity index (χ1n) is 17.8. The molecule has 0 aliphatic carbocycles. The van der Waals surface area contributed by atoms with Gasteiger partial charge in [-0.15, -0.1) is 0 Å². The third kappa shape index (κ3) is 12.8. The quantitative estimate of drug-likeness (QED) is 0.0388. The minimum Gasteiger partial charge on any atom is -0.324 e. The van der Waals surface area contributed by atoms with Crippen LogP contribution in [0.15, 0.2) is 0 Å². The molecule has 0 bridgehead atoms. The maximum absolute atomic E-state index is 13.0. The van der Waals surface area contributed by atoms with Crippen LogP contribution in [0.3, 0.4) is 0 Å². The highest BCUT2D eigenvalue weighted by molar-refractivity contribution is 7.87. The van der Waals surface area contributed by atoms with Crippen LogP contribution in [0, 0.1) is 0 Å². The standard InChI is InChI=1S/C24H52N.C8HF17O3S/c1-5-9-13-17-21-25(22-18-14-10-6-2,23-19-15-11-7-3)24-20-16-12-8-4;9-1(10,3(13,14)5(17,18)7(21,22)23)2(11,12)4(15,16)6(19,20)8(24,25)29(26,27)28/h5-24H2,1-4H3;(H,26,27,28)/q+1;. The van der Waals surface area contributed by atoms with Gasteiger partial charge in [-0.2, -0.15) is 83.1 Å². The van der Waals surface area contributed by atoms with E-state index in [0.29, 0.717) is 0 Å². The lowest BCUT2D eigenvalue weighted by Gasteiger charge is -2.42. The first kappa shape index (κ1) is 54.8. The molecule has 0 saturated carbocycles. The molecule has 0 aromatic heterocycles. The van der Waals surface area contributed by atoms with Gasteiger partial charge in [0.15, 0.2) is 0 Å². The zero-order valence-corrected chi connectivity index (χ0v) is 31.5. The SMILES string of the molecule is CCCCCC[N+](CCCCCC)(CCCCCC)CCCCCC.O=S(=O)(O)C(F)(F)C(F)(F)C(F)(F)C(F)(F)C(F)(F)C(F)(F)C(F)(F)C(F)(F)F. The van der Waals surface area contributed by atoms with Gasteiger partial charge in [-0.3, -0.25) is 4.55 Å². The smallest absolute Gasteiger partial charge is 0.324 e. The van der Waals surface area contributed by atoms with Crippen LogP contribution in [0.1, 0.15) is 130 Å². The second-order valence-corrected chi connectivity index (χ2v) is 14.9. The van der Waals surface area contributed by atoms with E-state index in [4.69, 9.17) is 4.55 Å². The molecule has 4 nitrogen and oxygen atoms in total. The van der Waals surface area contributed by atoms with Crippen LogP contribution < -0.4 is 0 Å². The molecule has 0 aromatic carbocycles. The summed E-state index contributed by atoms with van der Waals surface area (Å²) in [4.78, 5) is 0. The topological polar surface area (TPSA) is 54.4 Å². The molecular formula is C32H53F17NO3S+. The van der Waals surface area contributed by atoms with Gasteiger partial charge in [-0.25, -0.2) is 0 Å². The van der Waals surface area contributed by atoms with Crippen molar-refractivity contribution in [3.05, 3.63) is 0 Å². The van der Waals surface area contributed by atoms with E-state index in [1.807, 2.05) is 0 Å². The van der Waals surface area contributed by atoms with Crippen molar-refractivity contribution in [3.63, 3.8) is 0 Å². The highest BCUT2D eigenvalue weighted by atomic mass is 32.2. The zero-order chi connectivity index (χ0) is 43.1. The second kappa shape index (κ2) is 21.4. The van der Waals surface area contributed by atoms with Crippen LogP contribution in [0.4, 0.5) is 74.6 Å². The number of unbranched alkanes of at least 4 members (excludes halogenated alkanes) is 12. The summed E-state index contributed by atoms with van der Waals surface area (Å²) in [7, 11) is -7.89. The first-order chi connectivity index (χ1) is 24.2. The maximum Gasteiger partial charge on any atom is 0.460 e. The van der Waals surface area contributed by atoms with E-state index in [1.54, 1.807) is 0 Å². The summed E-state index contributed by atoms with van der Waals surface area (Å²) in [5.41, 5.74) is 0. The Labute approximate surface area is 305 Å². The van der Waals surface area contributed by atoms with E-state index in [2.05, 4.69) is 27.7 Å². The molecule has 0 unspecified atom stereocenters. The number of hydrogen-bond donors (Lipinski definition) is 1. The lowest BCUT2D eigenvalue weighted by molar-refractivity contribution is -0.929. The van der Waals surface area contributed by atoms with Crippen molar-refractivity contribution in [1.82, 2.24) is 0 Å². The second-order valence-electron chi connectivity index (χ2n) is 13.4. The van der Waals surface area contributed by atoms with Crippen LogP contribution in [-0.2, 0) is 10.1 Å². The lowest BCUT2D eigenvalue weighted by Crippen LogP contribution is -2.74. The maximum atomic E-state index is 13.0. The highest BCUT2D eigenvalue weighted by Crippen LogP contribution is 2.64. The summed E-state index contributed by atoms with van der Waals surface area (Å²) in [6.07, 6.45) is 15.0. The highest BCUT2D eigenvalue weighted by Gasteiger charge is 2.96. The Hall–Kier alpha value is -1.32. The Bertz CT molecular complexity index is 1110. The Morgan fingerprint density at radius 1 is 0.370 bits per heavy atom. The predicted octanol–water partition coefficient (Wildman–Crippen LogP) is 13.0. The number of hydrogen-bond acceptors (Lipinski definition) is 2. The fourth-order valence-electron chi connectivity index (χ4n) is 5.48. The van der Waals surface area contributed by atoms with Crippen molar-refractivity contribution < 1.29 is 92.1 Å². The normalized spacial score (nSPS) is 14.6. The van der Waals surface area contributed by atoms with E-state index in [0.717, 1.165) is 0 Å². The van der Waals surface area contributed by atoms with Crippen LogP contribution >= 0.6 is 0 Å². The lowest BCUT2D eigenvalue weighted by atomic mass is 9.91. The van der Waals surface area contributed by atoms with Crippen LogP contribution in [-0.4, -0.2) is 90.6 Å². The van der Waals surface area contributed by atoms with Crippen LogP contribution in [0.5, 0.6) is 0 Å². The van der Waals surface area contributed by atoms with Gasteiger partial charge < -0.3 is 4.48 Å². The molecular weight excluding hydrogens is 801 g/mol. The summed E-state index contributed by atoms with van der Waals surface area (Å²) in [5, 5.41) is -7.84. The average molecular weight is 855 g/mol. The van der Waals surface area contributed by atoms with Crippen LogP contribution in [0.25, 0.3) is 0 Å². The van der Waals surface area contributed by atoms with E-state index in [9.17, 15) is 83.1 Å². The van der Waals surface area contributed by atoms with Crippen molar-refractivity contribution in [2.24, 2.45) is 0 Å². The molecule has 0 amide bonds. The Balaban J connectivity index is 0. The molecule has 0 fully saturated rings. The van der Waals surface area contributed by atoms with Crippen molar-refractivity contribution in [1.29, 1.82) is 0 Å². The summed E-state index contributed by atoms with van der Waals surface area (Å²) in [6.45, 7) is 15.2. The number of halogens is 17. The number of nitrogens with zero attached hydrogens (tertiary/aromatic N) is 1. The van der Waals surface area contributed by atoms with Gasteiger partial charge in [0.1, 0.15) is 0 Å². The Morgan fingerprint density at radius 3 is 0.796 bits per heavy atom. The van der Waals surface area contributed by atoms with Crippen molar-refractivity contribution in [2.75, 3.05) is 26.2 Å². The molecule has 0 saturated heterocycles. The third-order valence-corrected chi connectivity index (χ3v) is 9.87. The molecule has 22 heteroatoms. The van der Waals surface area contributed by atoms with E-state index in [-0.39, 0.29) is 0 Å². The van der Waals surface area contributed by atoms with Gasteiger partial charge in [-0.05, 0) is 51.4 Å². The Kier molecular flexibility index (Phi) is 21.8. The monoisotopic (exact) mass is 854 g/mol. The first-order valence-corrected chi connectivity index (χ1v) is 19.2. The minimum atomic E-state index is -8.89. The molecule has 54 heavy (non-hydrogen) atoms. The molecule has 0 aliphatic heterocycles. The van der Waals surface area contributed by atoms with Gasteiger partial charge in [-0.1, -0.05) is 79.1 Å². The predicted molar refractivity (Wildman–Crippen MR) is 169 cm³/mol. The zero-order valence-electron chi connectivity index (χ0n) is 30.7. The van der Waals surface area contributed by atoms with E-state index in [1.165, 1.54) is 133 Å². The average Bonchev–Trinajstić information content (AvgIpc) is 3.04. The molecule has 0 atom stereocenters. The fourth-order valence-corrected chi connectivity index (χ4v) is 5.93. The van der Waals surface area contributed by atoms with Gasteiger partial charge in [0.05, 0.1) is 26.2 Å². The summed E-state index contributed by atoms with van der Waals surface area (Å²) < 4.78 is 244. The molecule has 1 N–H and O–H groups in total. The summed E-state index contributed by atoms with van der Waals surface area (Å²) >= 11 is 0. The van der Waals surface area contributed by atoms with Gasteiger partial charge in [0, 0.05) is 0 Å². The summed E-state index contributed by atoms with van der Waals surface area (Å²) in [5.74, 6) is -52.0.